The lowest BCUT2D eigenvalue weighted by molar-refractivity contribution is 0.148. The zero-order valence-electron chi connectivity index (χ0n) is 7.73. The number of aliphatic hydroxyl groups excluding tert-OH is 1. The predicted octanol–water partition coefficient (Wildman–Crippen LogP) is 0.189. The molecule has 1 aliphatic heterocycles. The van der Waals surface area contributed by atoms with Gasteiger partial charge in [-0.2, -0.15) is 0 Å². The number of hydrogen-bond acceptors (Lipinski definition) is 3. The van der Waals surface area contributed by atoms with Crippen LogP contribution in [0.1, 0.15) is 12.8 Å². The minimum Gasteiger partial charge on any atom is -0.396 e. The van der Waals surface area contributed by atoms with E-state index in [1.54, 1.807) is 4.90 Å². The van der Waals surface area contributed by atoms with E-state index in [4.69, 9.17) is 5.11 Å². The van der Waals surface area contributed by atoms with Crippen LogP contribution < -0.4 is 0 Å². The molecule has 1 saturated heterocycles. The fourth-order valence-electron chi connectivity index (χ4n) is 1.48. The molecule has 1 N–H and O–H groups in total. The first kappa shape index (κ1) is 10.7. The fraction of sp³-hybridized carbons (Fsp3) is 0.875. The van der Waals surface area contributed by atoms with Crippen molar-refractivity contribution < 1.29 is 14.1 Å². The van der Waals surface area contributed by atoms with Crippen LogP contribution in [-0.2, 0) is 10.8 Å². The Labute approximate surface area is 80.4 Å². The Balaban J connectivity index is 2.41. The molecule has 0 aromatic heterocycles. The number of piperidine rings is 1. The molecular formula is C8H15NO3S. The van der Waals surface area contributed by atoms with E-state index in [1.807, 2.05) is 0 Å². The van der Waals surface area contributed by atoms with Gasteiger partial charge in [-0.1, -0.05) is 0 Å². The maximum atomic E-state index is 11.3. The lowest BCUT2D eigenvalue weighted by Crippen LogP contribution is -2.39. The number of rotatable bonds is 1. The van der Waals surface area contributed by atoms with Crippen molar-refractivity contribution in [3.8, 4) is 0 Å². The third-order valence-corrected chi connectivity index (χ3v) is 3.13. The normalized spacial score (nSPS) is 21.5. The van der Waals surface area contributed by atoms with Crippen molar-refractivity contribution in [2.24, 2.45) is 5.92 Å². The molecule has 1 amide bonds. The van der Waals surface area contributed by atoms with Gasteiger partial charge in [0.1, 0.15) is 10.8 Å². The Morgan fingerprint density at radius 2 is 2.08 bits per heavy atom. The van der Waals surface area contributed by atoms with Gasteiger partial charge in [-0.05, 0) is 18.8 Å². The van der Waals surface area contributed by atoms with Crippen LogP contribution >= 0.6 is 0 Å². The van der Waals surface area contributed by atoms with E-state index < -0.39 is 10.8 Å². The number of hydrogen-bond donors (Lipinski definition) is 1. The Kier molecular flexibility index (Phi) is 3.87. The zero-order chi connectivity index (χ0) is 9.84. The van der Waals surface area contributed by atoms with Crippen molar-refractivity contribution in [3.63, 3.8) is 0 Å². The second-order valence-electron chi connectivity index (χ2n) is 3.33. The van der Waals surface area contributed by atoms with Crippen LogP contribution in [0.4, 0.5) is 4.79 Å². The molecule has 1 fully saturated rings. The van der Waals surface area contributed by atoms with Crippen molar-refractivity contribution in [3.05, 3.63) is 0 Å². The summed E-state index contributed by atoms with van der Waals surface area (Å²) in [5.41, 5.74) is 0. The molecule has 4 nitrogen and oxygen atoms in total. The maximum absolute atomic E-state index is 11.3. The number of carbonyl (C=O) groups excluding carboxylic acids is 1. The van der Waals surface area contributed by atoms with Crippen molar-refractivity contribution >= 4 is 16.0 Å². The largest absolute Gasteiger partial charge is 0.396 e. The highest BCUT2D eigenvalue weighted by Gasteiger charge is 2.23. The van der Waals surface area contributed by atoms with Crippen LogP contribution in [0.5, 0.6) is 0 Å². The summed E-state index contributed by atoms with van der Waals surface area (Å²) in [5, 5.41) is 8.58. The minimum atomic E-state index is -1.40. The molecule has 13 heavy (non-hydrogen) atoms. The van der Waals surface area contributed by atoms with Crippen LogP contribution in [0.15, 0.2) is 0 Å². The second kappa shape index (κ2) is 4.72. The average Bonchev–Trinajstić information content (AvgIpc) is 2.17. The van der Waals surface area contributed by atoms with Gasteiger partial charge < -0.3 is 10.0 Å². The lowest BCUT2D eigenvalue weighted by Gasteiger charge is -2.30. The molecule has 0 radical (unpaired) electrons. The van der Waals surface area contributed by atoms with Crippen LogP contribution in [0.25, 0.3) is 0 Å². The topological polar surface area (TPSA) is 57.6 Å². The van der Waals surface area contributed by atoms with Gasteiger partial charge in [0.25, 0.3) is 0 Å². The van der Waals surface area contributed by atoms with Gasteiger partial charge >= 0.3 is 5.24 Å². The third kappa shape index (κ3) is 2.77. The summed E-state index contributed by atoms with van der Waals surface area (Å²) < 4.78 is 10.9. The molecule has 5 heteroatoms. The Bertz CT molecular complexity index is 211. The molecule has 1 atom stereocenters. The smallest absolute Gasteiger partial charge is 0.311 e. The highest BCUT2D eigenvalue weighted by molar-refractivity contribution is 7.99. The minimum absolute atomic E-state index is 0.192. The third-order valence-electron chi connectivity index (χ3n) is 2.38. The van der Waals surface area contributed by atoms with Gasteiger partial charge in [0.05, 0.1) is 0 Å². The lowest BCUT2D eigenvalue weighted by atomic mass is 9.98. The Hall–Kier alpha value is -0.420. The fourth-order valence-corrected chi connectivity index (χ4v) is 2.03. The van der Waals surface area contributed by atoms with Crippen LogP contribution in [-0.4, -0.2) is 45.4 Å². The van der Waals surface area contributed by atoms with Crippen LogP contribution in [0.3, 0.4) is 0 Å². The number of likely N-dealkylation sites (tertiary alicyclic amines) is 1. The first-order chi connectivity index (χ1) is 6.15. The summed E-state index contributed by atoms with van der Waals surface area (Å²) in [5.74, 6) is 0.314. The SMILES string of the molecule is CS(=O)C(=O)N1CCC(CO)CC1. The number of carbonyl (C=O) groups is 1. The molecule has 76 valence electrons. The van der Waals surface area contributed by atoms with Crippen LogP contribution in [0.2, 0.25) is 0 Å². The highest BCUT2D eigenvalue weighted by Crippen LogP contribution is 2.16. The van der Waals surface area contributed by atoms with E-state index in [2.05, 4.69) is 0 Å². The Morgan fingerprint density at radius 3 is 2.46 bits per heavy atom. The van der Waals surface area contributed by atoms with Gasteiger partial charge in [-0.3, -0.25) is 4.79 Å². The van der Waals surface area contributed by atoms with Gasteiger partial charge in [-0.15, -0.1) is 0 Å². The molecule has 0 aromatic rings. The summed E-state index contributed by atoms with van der Waals surface area (Å²) in [6.07, 6.45) is 3.04. The molecule has 1 unspecified atom stereocenters. The van der Waals surface area contributed by atoms with E-state index >= 15 is 0 Å². The molecule has 0 saturated carbocycles. The van der Waals surface area contributed by atoms with Crippen LogP contribution in [0, 0.1) is 5.92 Å². The average molecular weight is 205 g/mol. The van der Waals surface area contributed by atoms with Gasteiger partial charge in [-0.25, -0.2) is 4.21 Å². The summed E-state index contributed by atoms with van der Waals surface area (Å²) in [4.78, 5) is 12.9. The van der Waals surface area contributed by atoms with Crippen molar-refractivity contribution in [1.29, 1.82) is 0 Å². The Morgan fingerprint density at radius 1 is 1.54 bits per heavy atom. The summed E-state index contributed by atoms with van der Waals surface area (Å²) in [7, 11) is -1.40. The molecule has 0 bridgehead atoms. The van der Waals surface area contributed by atoms with E-state index in [0.717, 1.165) is 12.8 Å². The standard InChI is InChI=1S/C8H15NO3S/c1-13(12)8(11)9-4-2-7(6-10)3-5-9/h7,10H,2-6H2,1H3. The van der Waals surface area contributed by atoms with Crippen molar-refractivity contribution in [1.82, 2.24) is 4.90 Å². The van der Waals surface area contributed by atoms with E-state index in [9.17, 15) is 9.00 Å². The maximum Gasteiger partial charge on any atom is 0.311 e. The molecule has 0 aliphatic carbocycles. The van der Waals surface area contributed by atoms with Gasteiger partial charge in [0.2, 0.25) is 0 Å². The highest BCUT2D eigenvalue weighted by atomic mass is 32.2. The first-order valence-corrected chi connectivity index (χ1v) is 5.94. The molecule has 0 aromatic carbocycles. The van der Waals surface area contributed by atoms with E-state index in [1.165, 1.54) is 6.26 Å². The predicted molar refractivity (Wildman–Crippen MR) is 50.8 cm³/mol. The van der Waals surface area contributed by atoms with Gasteiger partial charge in [0, 0.05) is 26.0 Å². The number of aliphatic hydroxyl groups is 1. The summed E-state index contributed by atoms with van der Waals surface area (Å²) >= 11 is 0. The summed E-state index contributed by atoms with van der Waals surface area (Å²) in [6, 6.07) is 0. The number of nitrogens with zero attached hydrogens (tertiary/aromatic N) is 1. The van der Waals surface area contributed by atoms with E-state index in [-0.39, 0.29) is 11.8 Å². The molecule has 0 spiro atoms. The quantitative estimate of drug-likeness (QED) is 0.665. The molecule has 1 aliphatic rings. The number of amides is 1. The second-order valence-corrected chi connectivity index (χ2v) is 4.59. The monoisotopic (exact) mass is 205 g/mol. The van der Waals surface area contributed by atoms with Crippen molar-refractivity contribution in [2.45, 2.75) is 12.8 Å². The summed E-state index contributed by atoms with van der Waals surface area (Å²) in [6.45, 7) is 1.45. The zero-order valence-corrected chi connectivity index (χ0v) is 8.55. The first-order valence-electron chi connectivity index (χ1n) is 4.38. The molecule has 1 rings (SSSR count). The molecule has 1 heterocycles. The van der Waals surface area contributed by atoms with E-state index in [0.29, 0.717) is 19.0 Å². The van der Waals surface area contributed by atoms with Gasteiger partial charge in [0.15, 0.2) is 0 Å². The van der Waals surface area contributed by atoms with Crippen molar-refractivity contribution in [2.75, 3.05) is 26.0 Å². The molecular weight excluding hydrogens is 190 g/mol.